The fourth-order valence-electron chi connectivity index (χ4n) is 4.74. The summed E-state index contributed by atoms with van der Waals surface area (Å²) in [5, 5.41) is 20.8. The first-order valence-corrected chi connectivity index (χ1v) is 17.1. The average molecular weight is 702 g/mol. The van der Waals surface area contributed by atoms with Crippen molar-refractivity contribution < 1.29 is 52.3 Å². The maximum absolute atomic E-state index is 14.2. The topological polar surface area (TPSA) is 264 Å². The number of fused-ring (bicyclic) bond motifs is 1. The Kier molecular flexibility index (Phi) is 10.5. The molecule has 0 bridgehead atoms. The molecule has 6 atom stereocenters. The Morgan fingerprint density at radius 2 is 2.04 bits per heavy atom. The number of hydrogen-bond donors (Lipinski definition) is 4. The van der Waals surface area contributed by atoms with E-state index in [0.717, 1.165) is 10.6 Å². The lowest BCUT2D eigenvalue weighted by Crippen LogP contribution is -2.39. The van der Waals surface area contributed by atoms with Crippen molar-refractivity contribution >= 4 is 41.3 Å². The molecule has 2 aliphatic heterocycles. The van der Waals surface area contributed by atoms with E-state index >= 15 is 0 Å². The maximum atomic E-state index is 14.2. The van der Waals surface area contributed by atoms with Crippen molar-refractivity contribution in [3.63, 3.8) is 0 Å². The van der Waals surface area contributed by atoms with Crippen LogP contribution in [0.4, 0.5) is 10.6 Å². The summed E-state index contributed by atoms with van der Waals surface area (Å²) in [5.41, 5.74) is 5.07. The van der Waals surface area contributed by atoms with Gasteiger partial charge >= 0.3 is 18.6 Å². The van der Waals surface area contributed by atoms with E-state index in [1.165, 1.54) is 30.5 Å². The molecule has 256 valence electrons. The quantitative estimate of drug-likeness (QED) is 0.111. The molecule has 2 aliphatic rings. The van der Waals surface area contributed by atoms with Gasteiger partial charge in [-0.05, 0) is 13.8 Å². The predicted molar refractivity (Wildman–Crippen MR) is 161 cm³/mol. The van der Waals surface area contributed by atoms with E-state index in [2.05, 4.69) is 19.9 Å². The second-order valence-corrected chi connectivity index (χ2v) is 14.3. The van der Waals surface area contributed by atoms with Crippen LogP contribution in [0, 0.1) is 0 Å². The number of hydrogen-bond acceptors (Lipinski definition) is 18. The Morgan fingerprint density at radius 1 is 1.26 bits per heavy atom. The van der Waals surface area contributed by atoms with E-state index in [9.17, 15) is 29.2 Å². The Balaban J connectivity index is 1.35. The number of aliphatic hydroxyl groups is 2. The van der Waals surface area contributed by atoms with Crippen molar-refractivity contribution in [2.75, 3.05) is 32.0 Å². The molecule has 1 fully saturated rings. The lowest BCUT2D eigenvalue weighted by Gasteiger charge is -2.27. The molecule has 5 N–H and O–H groups in total. The monoisotopic (exact) mass is 701 g/mol. The number of nitrogens with one attached hydrogen (secondary N) is 1. The molecular formula is C25H32N7O13PS. The zero-order chi connectivity index (χ0) is 33.9. The highest BCUT2D eigenvalue weighted by Gasteiger charge is 2.50. The van der Waals surface area contributed by atoms with Crippen molar-refractivity contribution in [1.29, 1.82) is 0 Å². The third-order valence-corrected chi connectivity index (χ3v) is 10.2. The van der Waals surface area contributed by atoms with Crippen LogP contribution in [-0.4, -0.2) is 96.1 Å². The van der Waals surface area contributed by atoms with Gasteiger partial charge in [-0.1, -0.05) is 0 Å². The summed E-state index contributed by atoms with van der Waals surface area (Å²) < 4.78 is 55.5. The molecule has 0 amide bonds. The van der Waals surface area contributed by atoms with E-state index in [1.807, 2.05) is 0 Å². The minimum atomic E-state index is -4.42. The molecule has 5 rings (SSSR count). The van der Waals surface area contributed by atoms with Crippen LogP contribution in [0.5, 0.6) is 0 Å². The highest BCUT2D eigenvalue weighted by atomic mass is 32.7. The minimum Gasteiger partial charge on any atom is -0.508 e. The molecule has 3 aromatic heterocycles. The smallest absolute Gasteiger partial charge is 0.508 e. The number of nitrogens with zero attached hydrogens (tertiary/aromatic N) is 5. The third-order valence-electron chi connectivity index (χ3n) is 6.85. The molecule has 22 heteroatoms. The Labute approximate surface area is 269 Å². The molecule has 5 heterocycles. The number of nitrogens with two attached hydrogens (primary N) is 1. The van der Waals surface area contributed by atoms with Gasteiger partial charge in [-0.25, -0.2) is 29.1 Å². The van der Waals surface area contributed by atoms with Crippen molar-refractivity contribution in [2.45, 2.75) is 57.1 Å². The summed E-state index contributed by atoms with van der Waals surface area (Å²) in [6.07, 6.45) is -3.44. The van der Waals surface area contributed by atoms with Crippen molar-refractivity contribution in [3.05, 3.63) is 57.3 Å². The van der Waals surface area contributed by atoms with Crippen molar-refractivity contribution in [3.8, 4) is 0 Å². The minimum absolute atomic E-state index is 0.0269. The number of H-pyrrole nitrogens is 1. The normalized spacial score (nSPS) is 24.1. The Morgan fingerprint density at radius 3 is 2.74 bits per heavy atom. The fraction of sp³-hybridized carbons (Fsp3) is 0.520. The van der Waals surface area contributed by atoms with Gasteiger partial charge in [-0.2, -0.15) is 0 Å². The molecule has 1 saturated heterocycles. The van der Waals surface area contributed by atoms with Crippen LogP contribution in [-0.2, 0) is 37.3 Å². The molecule has 3 aromatic rings. The van der Waals surface area contributed by atoms with Crippen LogP contribution in [0.2, 0.25) is 0 Å². The number of aromatic amines is 1. The summed E-state index contributed by atoms with van der Waals surface area (Å²) in [5.74, 6) is -0.721. The molecule has 20 nitrogen and oxygen atoms in total. The predicted octanol–water partition coefficient (Wildman–Crippen LogP) is 1.31. The zero-order valence-electron chi connectivity index (χ0n) is 25.2. The molecular weight excluding hydrogens is 669 g/mol. The van der Waals surface area contributed by atoms with Gasteiger partial charge in [-0.3, -0.25) is 28.0 Å². The van der Waals surface area contributed by atoms with Gasteiger partial charge in [0.25, 0.3) is 5.56 Å². The first-order valence-electron chi connectivity index (χ1n) is 13.9. The van der Waals surface area contributed by atoms with E-state index in [1.54, 1.807) is 13.8 Å². The molecule has 2 unspecified atom stereocenters. The highest BCUT2D eigenvalue weighted by Crippen LogP contribution is 2.63. The van der Waals surface area contributed by atoms with E-state index < -0.39 is 80.2 Å². The number of aromatic nitrogens is 6. The van der Waals surface area contributed by atoms with Gasteiger partial charge in [0.05, 0.1) is 19.1 Å². The van der Waals surface area contributed by atoms with Gasteiger partial charge in [-0.15, -0.1) is 0 Å². The SMILES string of the molecule is COC1C(O[P@](=O)(OCC2=C(O)C[C@H](n3cnc4c(N)ncnc43)O2)SCOC(=O)OC(C)C)[C@@H](CO)O[C@H]1n1ccc(=O)[nH]c1=O. The first kappa shape index (κ1) is 34.4. The number of carbonyl (C=O) groups excluding carboxylic acids is 1. The first-order chi connectivity index (χ1) is 22.4. The summed E-state index contributed by atoms with van der Waals surface area (Å²) in [4.78, 5) is 50.4. The fourth-order valence-corrected chi connectivity index (χ4v) is 7.45. The standard InChI is InChI=1S/C25H32N7O13PS/c1-12(2)42-25(37)40-11-47-46(38,45-19-14(7-33)44-23(20(19)39-3)31-5-4-16(35)30-24(31)36)41-8-15-13(34)6-17(43-15)32-10-29-18-21(26)27-9-28-22(18)32/h4-5,9-10,12,14,17,19-20,23,33-34H,6-8,11H2,1-3H3,(H2,26,27,28)(H,30,35,36)/t14-,17-,19?,20?,23-,46+/m1/s1. The van der Waals surface area contributed by atoms with E-state index in [-0.39, 0.29) is 23.8 Å². The lowest BCUT2D eigenvalue weighted by molar-refractivity contribution is -0.0625. The molecule has 0 saturated carbocycles. The Bertz CT molecular complexity index is 1800. The van der Waals surface area contributed by atoms with Crippen LogP contribution >= 0.6 is 18.2 Å². The number of carbonyl (C=O) groups is 1. The van der Waals surface area contributed by atoms with Crippen molar-refractivity contribution in [1.82, 2.24) is 29.1 Å². The van der Waals surface area contributed by atoms with Gasteiger partial charge < -0.3 is 39.6 Å². The highest BCUT2D eigenvalue weighted by molar-refractivity contribution is 8.55. The maximum Gasteiger partial charge on any atom is 0.509 e. The summed E-state index contributed by atoms with van der Waals surface area (Å²) in [6.45, 7) is -2.44. The largest absolute Gasteiger partial charge is 0.509 e. The molecule has 0 spiro atoms. The summed E-state index contributed by atoms with van der Waals surface area (Å²) >= 11 is 0.453. The van der Waals surface area contributed by atoms with Crippen LogP contribution in [0.1, 0.15) is 32.7 Å². The zero-order valence-corrected chi connectivity index (χ0v) is 26.9. The second kappa shape index (κ2) is 14.4. The number of anilines is 1. The number of imidazole rings is 1. The van der Waals surface area contributed by atoms with Crippen LogP contribution < -0.4 is 17.0 Å². The van der Waals surface area contributed by atoms with Gasteiger partial charge in [0.2, 0.25) is 0 Å². The number of nitrogen functional groups attached to an aromatic ring is 1. The lowest BCUT2D eigenvalue weighted by atomic mass is 10.1. The summed E-state index contributed by atoms with van der Waals surface area (Å²) in [7, 11) is 1.27. The third kappa shape index (κ3) is 7.61. The Hall–Kier alpha value is -3.98. The number of rotatable bonds is 13. The van der Waals surface area contributed by atoms with Crippen LogP contribution in [0.15, 0.2) is 46.0 Å². The second-order valence-electron chi connectivity index (χ2n) is 10.3. The summed E-state index contributed by atoms with van der Waals surface area (Å²) in [6, 6.07) is 1.08. The van der Waals surface area contributed by atoms with Crippen molar-refractivity contribution in [2.24, 2.45) is 0 Å². The van der Waals surface area contributed by atoms with Gasteiger partial charge in [0.1, 0.15) is 48.8 Å². The number of aliphatic hydroxyl groups excluding tert-OH is 2. The van der Waals surface area contributed by atoms with E-state index in [0.29, 0.717) is 22.5 Å². The van der Waals surface area contributed by atoms with Gasteiger partial charge in [0, 0.05) is 30.8 Å². The molecule has 47 heavy (non-hydrogen) atoms. The van der Waals surface area contributed by atoms with Crippen LogP contribution in [0.3, 0.4) is 0 Å². The van der Waals surface area contributed by atoms with E-state index in [4.69, 9.17) is 38.5 Å². The van der Waals surface area contributed by atoms with Gasteiger partial charge in [0.15, 0.2) is 35.6 Å². The number of ether oxygens (including phenoxy) is 5. The number of methoxy groups -OCH3 is 1. The molecule has 0 aromatic carbocycles. The van der Waals surface area contributed by atoms with Crippen LogP contribution in [0.25, 0.3) is 11.2 Å². The average Bonchev–Trinajstić information content (AvgIpc) is 3.71. The molecule has 0 aliphatic carbocycles. The molecule has 0 radical (unpaired) electrons.